The van der Waals surface area contributed by atoms with E-state index >= 15 is 0 Å². The number of aromatic nitrogens is 2. The van der Waals surface area contributed by atoms with E-state index in [9.17, 15) is 14.0 Å². The molecule has 11 heteroatoms. The number of imidazole rings is 1. The number of rotatable bonds is 8. The second-order valence-corrected chi connectivity index (χ2v) is 11.1. The van der Waals surface area contributed by atoms with Crippen LogP contribution >= 0.6 is 0 Å². The first-order valence-corrected chi connectivity index (χ1v) is 14.8. The molecule has 0 bridgehead atoms. The fourth-order valence-corrected chi connectivity index (χ4v) is 5.92. The highest BCUT2D eigenvalue weighted by molar-refractivity contribution is 6.04. The smallest absolute Gasteiger partial charge is 0.339 e. The van der Waals surface area contributed by atoms with Crippen LogP contribution in [-0.2, 0) is 19.9 Å². The number of carbonyl (C=O) groups is 2. The molecule has 3 heterocycles. The molecule has 10 nitrogen and oxygen atoms in total. The zero-order chi connectivity index (χ0) is 32.3. The van der Waals surface area contributed by atoms with Gasteiger partial charge in [0.2, 0.25) is 0 Å². The summed E-state index contributed by atoms with van der Waals surface area (Å²) in [6, 6.07) is 18.3. The Labute approximate surface area is 265 Å². The minimum Gasteiger partial charge on any atom is -0.495 e. The number of aryl methyl sites for hydroxylation is 1. The van der Waals surface area contributed by atoms with Gasteiger partial charge in [-0.15, -0.1) is 0 Å². The molecule has 236 valence electrons. The van der Waals surface area contributed by atoms with Crippen LogP contribution in [0.5, 0.6) is 5.75 Å². The zero-order valence-corrected chi connectivity index (χ0v) is 25.7. The normalized spacial score (nSPS) is 18.3. The third-order valence-corrected chi connectivity index (χ3v) is 8.25. The van der Waals surface area contributed by atoms with E-state index in [2.05, 4.69) is 15.0 Å². The van der Waals surface area contributed by atoms with Crippen LogP contribution in [-0.4, -0.2) is 66.2 Å². The Kier molecular flexibility index (Phi) is 8.56. The Bertz CT molecular complexity index is 1830. The van der Waals surface area contributed by atoms with E-state index in [4.69, 9.17) is 19.0 Å². The van der Waals surface area contributed by atoms with Crippen molar-refractivity contribution in [2.75, 3.05) is 34.0 Å². The molecule has 6 rings (SSSR count). The molecule has 0 aliphatic carbocycles. The lowest BCUT2D eigenvalue weighted by molar-refractivity contribution is -0.0474. The molecule has 46 heavy (non-hydrogen) atoms. The Hall–Kier alpha value is -5.45. The van der Waals surface area contributed by atoms with E-state index in [1.165, 1.54) is 31.4 Å². The summed E-state index contributed by atoms with van der Waals surface area (Å²) in [6.45, 7) is 2.42. The quantitative estimate of drug-likeness (QED) is 0.230. The van der Waals surface area contributed by atoms with Gasteiger partial charge >= 0.3 is 11.9 Å². The number of nitrogens with zero attached hydrogens (tertiary/aromatic N) is 4. The number of esters is 2. The molecule has 1 atom stereocenters. The Morgan fingerprint density at radius 2 is 1.80 bits per heavy atom. The van der Waals surface area contributed by atoms with Crippen molar-refractivity contribution < 1.29 is 33.0 Å². The van der Waals surface area contributed by atoms with Crippen molar-refractivity contribution in [1.29, 1.82) is 0 Å². The summed E-state index contributed by atoms with van der Waals surface area (Å²) in [5.41, 5.74) is 3.43. The van der Waals surface area contributed by atoms with E-state index in [1.807, 2.05) is 42.0 Å². The van der Waals surface area contributed by atoms with E-state index in [0.717, 1.165) is 35.4 Å². The number of hydrogen-bond donors (Lipinski definition) is 0. The molecule has 0 N–H and O–H groups in total. The van der Waals surface area contributed by atoms with Gasteiger partial charge in [0.1, 0.15) is 30.3 Å². The van der Waals surface area contributed by atoms with Gasteiger partial charge in [0, 0.05) is 12.7 Å². The second kappa shape index (κ2) is 12.9. The predicted octanol–water partition coefficient (Wildman–Crippen LogP) is 5.69. The molecule has 1 aromatic heterocycles. The molecule has 0 amide bonds. The van der Waals surface area contributed by atoms with Crippen LogP contribution in [0.15, 0.2) is 90.0 Å². The fourth-order valence-electron chi connectivity index (χ4n) is 5.92. The van der Waals surface area contributed by atoms with Crippen LogP contribution < -0.4 is 4.74 Å². The summed E-state index contributed by atoms with van der Waals surface area (Å²) in [6.07, 6.45) is 7.23. The first-order valence-electron chi connectivity index (χ1n) is 14.8. The number of oxime groups is 1. The van der Waals surface area contributed by atoms with Crippen LogP contribution in [0.4, 0.5) is 4.39 Å². The second-order valence-electron chi connectivity index (χ2n) is 11.1. The summed E-state index contributed by atoms with van der Waals surface area (Å²) in [5, 5.41) is 4.47. The molecule has 3 aromatic carbocycles. The minimum atomic E-state index is -1.03. The van der Waals surface area contributed by atoms with Crippen molar-refractivity contribution in [1.82, 2.24) is 14.5 Å². The highest BCUT2D eigenvalue weighted by Crippen LogP contribution is 2.39. The van der Waals surface area contributed by atoms with Crippen LogP contribution in [0.2, 0.25) is 0 Å². The first-order chi connectivity index (χ1) is 22.3. The van der Waals surface area contributed by atoms with Gasteiger partial charge in [-0.2, -0.15) is 0 Å². The zero-order valence-electron chi connectivity index (χ0n) is 25.7. The van der Waals surface area contributed by atoms with Gasteiger partial charge in [-0.1, -0.05) is 35.5 Å². The number of halogens is 1. The van der Waals surface area contributed by atoms with Gasteiger partial charge < -0.3 is 28.5 Å². The number of piperidine rings is 1. The summed E-state index contributed by atoms with van der Waals surface area (Å²) in [4.78, 5) is 38.0. The Morgan fingerprint density at radius 3 is 2.50 bits per heavy atom. The molecule has 4 aromatic rings. The van der Waals surface area contributed by atoms with Crippen LogP contribution in [0.25, 0.3) is 11.8 Å². The third-order valence-electron chi connectivity index (χ3n) is 8.25. The van der Waals surface area contributed by atoms with Gasteiger partial charge in [0.15, 0.2) is 5.84 Å². The molecule has 2 aliphatic heterocycles. The van der Waals surface area contributed by atoms with Crippen molar-refractivity contribution in [3.8, 4) is 11.4 Å². The first kappa shape index (κ1) is 30.6. The van der Waals surface area contributed by atoms with Crippen LogP contribution in [0.1, 0.15) is 50.4 Å². The summed E-state index contributed by atoms with van der Waals surface area (Å²) < 4.78 is 32.5. The Balaban J connectivity index is 1.34. The summed E-state index contributed by atoms with van der Waals surface area (Å²) >= 11 is 0. The molecule has 0 spiro atoms. The number of fused-ring (bicyclic) bond motifs is 1. The van der Waals surface area contributed by atoms with Crippen LogP contribution in [0, 0.1) is 12.7 Å². The minimum absolute atomic E-state index is 0.0498. The summed E-state index contributed by atoms with van der Waals surface area (Å²) in [5.74, 6) is -0.454. The van der Waals surface area contributed by atoms with Gasteiger partial charge in [0.25, 0.3) is 0 Å². The highest BCUT2D eigenvalue weighted by Gasteiger charge is 2.47. The summed E-state index contributed by atoms with van der Waals surface area (Å²) in [7, 11) is 2.88. The maximum absolute atomic E-state index is 14.1. The van der Waals surface area contributed by atoms with Crippen molar-refractivity contribution in [2.45, 2.75) is 25.3 Å². The SMILES string of the molecule is COC(=O)c1ccccc1C(=O)OC[C@@]1(c2ccc(F)cc2)CON=C2C(=Cc3ccc(-n4cnc(C)c4)c(OC)c3)CCCN21. The lowest BCUT2D eigenvalue weighted by Crippen LogP contribution is -2.59. The molecular weight excluding hydrogens is 591 g/mol. The molecule has 0 unspecified atom stereocenters. The molecule has 1 fully saturated rings. The lowest BCUT2D eigenvalue weighted by Gasteiger charge is -2.48. The molecule has 1 saturated heterocycles. The number of hydrogen-bond acceptors (Lipinski definition) is 9. The van der Waals surface area contributed by atoms with E-state index in [-0.39, 0.29) is 24.3 Å². The lowest BCUT2D eigenvalue weighted by atomic mass is 9.85. The Morgan fingerprint density at radius 1 is 1.04 bits per heavy atom. The fraction of sp³-hybridized carbons (Fsp3) is 0.257. The van der Waals surface area contributed by atoms with E-state index < -0.39 is 23.3 Å². The molecule has 0 radical (unpaired) electrons. The van der Waals surface area contributed by atoms with Gasteiger partial charge in [-0.05, 0) is 78.9 Å². The molecular formula is C35H33FN4O6. The number of carbonyl (C=O) groups excluding carboxylic acids is 2. The van der Waals surface area contributed by atoms with E-state index in [1.54, 1.807) is 37.7 Å². The van der Waals surface area contributed by atoms with Crippen molar-refractivity contribution in [3.63, 3.8) is 0 Å². The molecule has 2 aliphatic rings. The number of benzene rings is 3. The largest absolute Gasteiger partial charge is 0.495 e. The van der Waals surface area contributed by atoms with Gasteiger partial charge in [-0.3, -0.25) is 0 Å². The van der Waals surface area contributed by atoms with Crippen molar-refractivity contribution >= 4 is 23.9 Å². The number of methoxy groups -OCH3 is 2. The van der Waals surface area contributed by atoms with Crippen LogP contribution in [0.3, 0.4) is 0 Å². The van der Waals surface area contributed by atoms with Crippen molar-refractivity contribution in [3.05, 3.63) is 119 Å². The molecule has 0 saturated carbocycles. The predicted molar refractivity (Wildman–Crippen MR) is 168 cm³/mol. The number of ether oxygens (including phenoxy) is 3. The van der Waals surface area contributed by atoms with E-state index in [0.29, 0.717) is 23.7 Å². The number of amidine groups is 1. The standard InChI is InChI=1S/C35H33FN4O6/c1-23-19-39(22-37-23)30-15-10-24(18-31(30)43-2)17-25-7-6-16-40-32(25)38-46-21-35(40,26-11-13-27(36)14-12-26)20-45-34(42)29-9-5-4-8-28(29)33(41)44-3/h4-5,8-15,17-19,22H,6-7,16,20-21H2,1-3H3/t35-/m0/s1. The van der Waals surface area contributed by atoms with Gasteiger partial charge in [-0.25, -0.2) is 19.0 Å². The maximum atomic E-state index is 14.1. The average Bonchev–Trinajstić information content (AvgIpc) is 3.53. The van der Waals surface area contributed by atoms with Gasteiger partial charge in [0.05, 0.1) is 43.1 Å². The van der Waals surface area contributed by atoms with Crippen molar-refractivity contribution in [2.24, 2.45) is 5.16 Å². The highest BCUT2D eigenvalue weighted by atomic mass is 19.1. The maximum Gasteiger partial charge on any atom is 0.339 e. The monoisotopic (exact) mass is 624 g/mol. The third kappa shape index (κ3) is 5.83. The average molecular weight is 625 g/mol. The topological polar surface area (TPSA) is 104 Å².